The van der Waals surface area contributed by atoms with Gasteiger partial charge >= 0.3 is 0 Å². The van der Waals surface area contributed by atoms with E-state index in [1.807, 2.05) is 33.8 Å². The van der Waals surface area contributed by atoms with E-state index in [4.69, 9.17) is 0 Å². The van der Waals surface area contributed by atoms with Gasteiger partial charge in [-0.2, -0.15) is 0 Å². The lowest BCUT2D eigenvalue weighted by Crippen LogP contribution is -2.19. The fourth-order valence-corrected chi connectivity index (χ4v) is 8.69. The molecule has 0 aromatic heterocycles. The molecule has 3 aliphatic carbocycles. The zero-order valence-corrected chi connectivity index (χ0v) is 25.7. The Hall–Kier alpha value is -2.55. The predicted octanol–water partition coefficient (Wildman–Crippen LogP) is 11.3. The van der Waals surface area contributed by atoms with E-state index in [-0.39, 0.29) is 35.2 Å². The van der Waals surface area contributed by atoms with Crippen LogP contribution in [0.4, 0.5) is 13.2 Å². The van der Waals surface area contributed by atoms with Crippen LogP contribution < -0.4 is 0 Å². The maximum Gasteiger partial charge on any atom is 0.129 e. The zero-order chi connectivity index (χ0) is 29.2. The van der Waals surface area contributed by atoms with Crippen molar-refractivity contribution in [3.63, 3.8) is 0 Å². The van der Waals surface area contributed by atoms with Gasteiger partial charge in [0.05, 0.1) is 0 Å². The minimum absolute atomic E-state index is 0.0318. The molecule has 3 fully saturated rings. The van der Waals surface area contributed by atoms with Crippen LogP contribution in [0.5, 0.6) is 0 Å². The summed E-state index contributed by atoms with van der Waals surface area (Å²) in [7, 11) is 0. The van der Waals surface area contributed by atoms with Crippen molar-refractivity contribution in [3.05, 3.63) is 103 Å². The molecule has 41 heavy (non-hydrogen) atoms. The highest BCUT2D eigenvalue weighted by molar-refractivity contribution is 5.50. The summed E-state index contributed by atoms with van der Waals surface area (Å²) in [6, 6.07) is 8.08. The Balaban J connectivity index is 1.38. The summed E-state index contributed by atoms with van der Waals surface area (Å²) >= 11 is 0. The highest BCUT2D eigenvalue weighted by Crippen LogP contribution is 2.53. The fourth-order valence-electron chi connectivity index (χ4n) is 8.69. The molecular formula is C38H45F3. The minimum Gasteiger partial charge on any atom is -0.206 e. The first-order chi connectivity index (χ1) is 19.6. The number of halogens is 3. The van der Waals surface area contributed by atoms with Crippen LogP contribution in [0.25, 0.3) is 0 Å². The first kappa shape index (κ1) is 28.6. The normalized spacial score (nSPS) is 24.7. The van der Waals surface area contributed by atoms with Crippen LogP contribution in [0.15, 0.2) is 24.3 Å². The number of benzene rings is 3. The highest BCUT2D eigenvalue weighted by Gasteiger charge is 2.38. The maximum absolute atomic E-state index is 16.2. The summed E-state index contributed by atoms with van der Waals surface area (Å²) < 4.78 is 46.8. The summed E-state index contributed by atoms with van der Waals surface area (Å²) in [5.74, 6) is 0.990. The Kier molecular flexibility index (Phi) is 7.62. The molecule has 3 heteroatoms. The van der Waals surface area contributed by atoms with Crippen LogP contribution in [0.1, 0.15) is 149 Å². The fraction of sp³-hybridized carbons (Fsp3) is 0.526. The van der Waals surface area contributed by atoms with Gasteiger partial charge in [-0.05, 0) is 177 Å². The second kappa shape index (κ2) is 10.9. The molecule has 4 unspecified atom stereocenters. The average molecular weight is 559 g/mol. The summed E-state index contributed by atoms with van der Waals surface area (Å²) in [4.78, 5) is 0. The number of hydrogen-bond donors (Lipinski definition) is 0. The summed E-state index contributed by atoms with van der Waals surface area (Å²) in [5.41, 5.74) is 10.6. The van der Waals surface area contributed by atoms with Crippen molar-refractivity contribution in [1.82, 2.24) is 0 Å². The lowest BCUT2D eigenvalue weighted by atomic mass is 9.71. The van der Waals surface area contributed by atoms with Crippen LogP contribution in [-0.2, 0) is 0 Å². The van der Waals surface area contributed by atoms with Gasteiger partial charge in [0.15, 0.2) is 0 Å². The number of aryl methyl sites for hydroxylation is 4. The predicted molar refractivity (Wildman–Crippen MR) is 163 cm³/mol. The Morgan fingerprint density at radius 3 is 1.73 bits per heavy atom. The van der Waals surface area contributed by atoms with Gasteiger partial charge < -0.3 is 0 Å². The molecule has 0 spiro atoms. The van der Waals surface area contributed by atoms with E-state index in [2.05, 4.69) is 32.0 Å². The van der Waals surface area contributed by atoms with Crippen LogP contribution in [-0.4, -0.2) is 0 Å². The van der Waals surface area contributed by atoms with Gasteiger partial charge in [0.25, 0.3) is 0 Å². The van der Waals surface area contributed by atoms with Gasteiger partial charge in [-0.25, -0.2) is 13.2 Å². The molecular weight excluding hydrogens is 513 g/mol. The number of hydrogen-bond acceptors (Lipinski definition) is 0. The maximum atomic E-state index is 16.2. The van der Waals surface area contributed by atoms with Gasteiger partial charge in [0.2, 0.25) is 0 Å². The van der Waals surface area contributed by atoms with Gasteiger partial charge in [-0.1, -0.05) is 37.1 Å². The molecule has 0 amide bonds. The second-order valence-electron chi connectivity index (χ2n) is 13.7. The Morgan fingerprint density at radius 1 is 0.488 bits per heavy atom. The first-order valence-corrected chi connectivity index (χ1v) is 15.9. The molecule has 0 radical (unpaired) electrons. The van der Waals surface area contributed by atoms with E-state index in [9.17, 15) is 0 Å². The smallest absolute Gasteiger partial charge is 0.129 e. The summed E-state index contributed by atoms with van der Waals surface area (Å²) in [6.07, 6.45) is 9.18. The molecule has 0 aliphatic heterocycles. The molecule has 0 N–H and O–H groups in total. The van der Waals surface area contributed by atoms with Crippen LogP contribution in [0, 0.1) is 59.0 Å². The zero-order valence-electron chi connectivity index (χ0n) is 25.7. The van der Waals surface area contributed by atoms with E-state index in [1.54, 1.807) is 0 Å². The molecule has 3 aromatic carbocycles. The standard InChI is InChI=1S/C38H45F3/c1-20-13-14-21(2)36(39)33(20)28-10-7-9-27(19-28)31-17-22(3)38(41)35(24(31)5)30-12-8-11-29(30)32-18-23(4)37(40)34(25(32)6)26-15-16-26/h13-14,17-18,26-30H,7-12,15-16,19H2,1-6H3. The van der Waals surface area contributed by atoms with Crippen LogP contribution >= 0.6 is 0 Å². The van der Waals surface area contributed by atoms with Crippen molar-refractivity contribution in [2.75, 3.05) is 0 Å². The van der Waals surface area contributed by atoms with E-state index in [0.717, 1.165) is 102 Å². The lowest BCUT2D eigenvalue weighted by molar-refractivity contribution is 0.381. The largest absolute Gasteiger partial charge is 0.206 e. The molecule has 0 bridgehead atoms. The third-order valence-electron chi connectivity index (χ3n) is 11.0. The Bertz CT molecular complexity index is 1490. The minimum atomic E-state index is -0.0602. The molecule has 4 atom stereocenters. The summed E-state index contributed by atoms with van der Waals surface area (Å²) in [5, 5.41) is 0. The molecule has 0 nitrogen and oxygen atoms in total. The van der Waals surface area contributed by atoms with Gasteiger partial charge in [-0.15, -0.1) is 0 Å². The average Bonchev–Trinajstić information content (AvgIpc) is 3.67. The van der Waals surface area contributed by atoms with Gasteiger partial charge in [0.1, 0.15) is 17.5 Å². The van der Waals surface area contributed by atoms with Crippen molar-refractivity contribution in [2.24, 2.45) is 0 Å². The Morgan fingerprint density at radius 2 is 1.02 bits per heavy atom. The van der Waals surface area contributed by atoms with Crippen LogP contribution in [0.3, 0.4) is 0 Å². The monoisotopic (exact) mass is 558 g/mol. The van der Waals surface area contributed by atoms with E-state index in [1.165, 1.54) is 11.1 Å². The van der Waals surface area contributed by atoms with Gasteiger partial charge in [-0.3, -0.25) is 0 Å². The molecule has 6 rings (SSSR count). The van der Waals surface area contributed by atoms with E-state index in [0.29, 0.717) is 17.4 Å². The lowest BCUT2D eigenvalue weighted by Gasteiger charge is -2.34. The van der Waals surface area contributed by atoms with Crippen LogP contribution in [0.2, 0.25) is 0 Å². The van der Waals surface area contributed by atoms with Gasteiger partial charge in [0, 0.05) is 0 Å². The molecule has 0 heterocycles. The first-order valence-electron chi connectivity index (χ1n) is 15.9. The molecule has 218 valence electrons. The van der Waals surface area contributed by atoms with E-state index < -0.39 is 0 Å². The van der Waals surface area contributed by atoms with Crippen molar-refractivity contribution in [3.8, 4) is 0 Å². The van der Waals surface area contributed by atoms with Crippen molar-refractivity contribution in [1.29, 1.82) is 0 Å². The quantitative estimate of drug-likeness (QED) is 0.292. The molecule has 3 saturated carbocycles. The highest BCUT2D eigenvalue weighted by atomic mass is 19.1. The molecule has 3 aromatic rings. The van der Waals surface area contributed by atoms with Crippen molar-refractivity contribution >= 4 is 0 Å². The Labute approximate surface area is 244 Å². The number of rotatable bonds is 5. The van der Waals surface area contributed by atoms with Crippen molar-refractivity contribution in [2.45, 2.75) is 129 Å². The topological polar surface area (TPSA) is 0 Å². The molecule has 0 saturated heterocycles. The SMILES string of the molecule is Cc1ccc(C)c(C2CCCC(c3cc(C)c(F)c(C4CCCC4c4cc(C)c(F)c(C5CC5)c4C)c3C)C2)c1F. The third-order valence-corrected chi connectivity index (χ3v) is 11.0. The summed E-state index contributed by atoms with van der Waals surface area (Å²) in [6.45, 7) is 11.9. The second-order valence-corrected chi connectivity index (χ2v) is 13.7. The third kappa shape index (κ3) is 4.96. The van der Waals surface area contributed by atoms with E-state index >= 15 is 13.2 Å². The molecule has 3 aliphatic rings. The van der Waals surface area contributed by atoms with Crippen molar-refractivity contribution < 1.29 is 13.2 Å².